The first kappa shape index (κ1) is 21.2. The number of aryl methyl sites for hydroxylation is 1. The zero-order valence-corrected chi connectivity index (χ0v) is 18.0. The van der Waals surface area contributed by atoms with Crippen molar-refractivity contribution in [3.8, 4) is 5.75 Å². The topological polar surface area (TPSA) is 44.8 Å². The number of likely N-dealkylation sites (N-methyl/N-ethyl adjacent to an activating group) is 1. The molecule has 0 radical (unpaired) electrons. The minimum atomic E-state index is -0.0437. The highest BCUT2D eigenvalue weighted by Gasteiger charge is 2.35. The van der Waals surface area contributed by atoms with Crippen LogP contribution in [0.2, 0.25) is 0 Å². The summed E-state index contributed by atoms with van der Waals surface area (Å²) in [6, 6.07) is 16.8. The molecular weight excluding hydrogens is 362 g/mol. The number of benzene rings is 2. The second-order valence-electron chi connectivity index (χ2n) is 7.91. The Hall–Kier alpha value is -2.53. The summed E-state index contributed by atoms with van der Waals surface area (Å²) in [5.41, 5.74) is 3.45. The molecular formula is C24H33N3O2. The molecule has 1 heterocycles. The van der Waals surface area contributed by atoms with Gasteiger partial charge in [-0.25, -0.2) is 4.79 Å². The lowest BCUT2D eigenvalue weighted by molar-refractivity contribution is 0.0558. The predicted octanol–water partition coefficient (Wildman–Crippen LogP) is 5.08. The normalized spacial score (nSPS) is 15.1. The van der Waals surface area contributed by atoms with E-state index in [1.807, 2.05) is 29.2 Å². The van der Waals surface area contributed by atoms with E-state index in [-0.39, 0.29) is 6.03 Å². The van der Waals surface area contributed by atoms with E-state index < -0.39 is 0 Å². The smallest absolute Gasteiger partial charge is 0.321 e. The number of ether oxygens (including phenoxy) is 1. The number of nitrogens with zero attached hydrogens (tertiary/aromatic N) is 2. The lowest BCUT2D eigenvalue weighted by Crippen LogP contribution is -2.61. The molecule has 1 aliphatic heterocycles. The molecule has 2 amide bonds. The van der Waals surface area contributed by atoms with Crippen LogP contribution in [0, 0.1) is 6.92 Å². The Morgan fingerprint density at radius 1 is 1.21 bits per heavy atom. The average Bonchev–Trinajstić information content (AvgIpc) is 2.68. The largest absolute Gasteiger partial charge is 0.494 e. The number of rotatable bonds is 8. The van der Waals surface area contributed by atoms with Crippen LogP contribution in [0.1, 0.15) is 43.9 Å². The molecule has 0 bridgehead atoms. The molecule has 2 aromatic carbocycles. The van der Waals surface area contributed by atoms with Crippen molar-refractivity contribution in [2.24, 2.45) is 0 Å². The highest BCUT2D eigenvalue weighted by molar-refractivity contribution is 5.90. The van der Waals surface area contributed by atoms with Crippen molar-refractivity contribution < 1.29 is 9.53 Å². The molecule has 1 N–H and O–H groups in total. The third kappa shape index (κ3) is 5.30. The zero-order chi connectivity index (χ0) is 20.8. The number of amides is 2. The molecule has 0 spiro atoms. The molecule has 5 heteroatoms. The first-order chi connectivity index (χ1) is 14.0. The van der Waals surface area contributed by atoms with Gasteiger partial charge < -0.3 is 15.0 Å². The van der Waals surface area contributed by atoms with Gasteiger partial charge in [0.25, 0.3) is 0 Å². The van der Waals surface area contributed by atoms with E-state index in [1.54, 1.807) is 0 Å². The first-order valence-corrected chi connectivity index (χ1v) is 10.6. The molecule has 1 unspecified atom stereocenters. The lowest BCUT2D eigenvalue weighted by Gasteiger charge is -2.46. The Labute approximate surface area is 174 Å². The monoisotopic (exact) mass is 395 g/mol. The van der Waals surface area contributed by atoms with Gasteiger partial charge in [-0.15, -0.1) is 0 Å². The molecule has 3 rings (SSSR count). The van der Waals surface area contributed by atoms with Crippen LogP contribution < -0.4 is 10.1 Å². The van der Waals surface area contributed by atoms with Crippen LogP contribution in [0.15, 0.2) is 48.5 Å². The number of hydrogen-bond donors (Lipinski definition) is 1. The fraction of sp³-hybridized carbons (Fsp3) is 0.458. The van der Waals surface area contributed by atoms with E-state index in [0.717, 1.165) is 44.0 Å². The molecule has 0 aliphatic carbocycles. The summed E-state index contributed by atoms with van der Waals surface area (Å²) in [5, 5.41) is 2.98. The third-order valence-corrected chi connectivity index (χ3v) is 5.85. The van der Waals surface area contributed by atoms with E-state index in [1.165, 1.54) is 11.1 Å². The number of nitrogens with one attached hydrogen (secondary N) is 1. The van der Waals surface area contributed by atoms with Crippen LogP contribution in [0.5, 0.6) is 5.75 Å². The van der Waals surface area contributed by atoms with Crippen LogP contribution in [-0.4, -0.2) is 48.6 Å². The van der Waals surface area contributed by atoms with Gasteiger partial charge in [0.1, 0.15) is 5.75 Å². The Balaban J connectivity index is 1.46. The van der Waals surface area contributed by atoms with Crippen molar-refractivity contribution in [3.63, 3.8) is 0 Å². The van der Waals surface area contributed by atoms with Crippen molar-refractivity contribution >= 4 is 11.7 Å². The standard InChI is InChI=1S/C24H33N3O2/c1-5-6-15-29-22-13-11-20(12-14-22)25-24(28)27-16-21(17-27)26(4)19(3)23-10-8-7-9-18(23)2/h7-14,19,21H,5-6,15-17H2,1-4H3,(H,25,28). The molecule has 1 aliphatic rings. The number of urea groups is 1. The first-order valence-electron chi connectivity index (χ1n) is 10.6. The summed E-state index contributed by atoms with van der Waals surface area (Å²) in [6.07, 6.45) is 2.16. The van der Waals surface area contributed by atoms with Crippen molar-refractivity contribution in [3.05, 3.63) is 59.7 Å². The molecule has 1 fully saturated rings. The lowest BCUT2D eigenvalue weighted by atomic mass is 9.98. The van der Waals surface area contributed by atoms with E-state index in [2.05, 4.69) is 62.3 Å². The van der Waals surface area contributed by atoms with Crippen molar-refractivity contribution in [2.75, 3.05) is 32.1 Å². The SMILES string of the molecule is CCCCOc1ccc(NC(=O)N2CC(N(C)C(C)c3ccccc3C)C2)cc1. The van der Waals surface area contributed by atoms with Gasteiger partial charge >= 0.3 is 6.03 Å². The Morgan fingerprint density at radius 2 is 1.90 bits per heavy atom. The fourth-order valence-electron chi connectivity index (χ4n) is 3.64. The van der Waals surface area contributed by atoms with Crippen LogP contribution >= 0.6 is 0 Å². The number of carbonyl (C=O) groups is 1. The van der Waals surface area contributed by atoms with Gasteiger partial charge in [0, 0.05) is 30.9 Å². The summed E-state index contributed by atoms with van der Waals surface area (Å²) in [5.74, 6) is 0.840. The fourth-order valence-corrected chi connectivity index (χ4v) is 3.64. The van der Waals surface area contributed by atoms with Gasteiger partial charge in [0.2, 0.25) is 0 Å². The van der Waals surface area contributed by atoms with Gasteiger partial charge in [-0.1, -0.05) is 37.6 Å². The minimum absolute atomic E-state index is 0.0437. The molecule has 5 nitrogen and oxygen atoms in total. The Bertz CT molecular complexity index is 800. The molecule has 29 heavy (non-hydrogen) atoms. The summed E-state index contributed by atoms with van der Waals surface area (Å²) in [7, 11) is 2.15. The van der Waals surface area contributed by atoms with Gasteiger partial charge in [0.05, 0.1) is 6.61 Å². The molecule has 1 saturated heterocycles. The van der Waals surface area contributed by atoms with Gasteiger partial charge in [0.15, 0.2) is 0 Å². The van der Waals surface area contributed by atoms with E-state index >= 15 is 0 Å². The number of hydrogen-bond acceptors (Lipinski definition) is 3. The van der Waals surface area contributed by atoms with E-state index in [0.29, 0.717) is 12.1 Å². The highest BCUT2D eigenvalue weighted by atomic mass is 16.5. The predicted molar refractivity (Wildman–Crippen MR) is 119 cm³/mol. The minimum Gasteiger partial charge on any atom is -0.494 e. The number of anilines is 1. The maximum atomic E-state index is 12.5. The van der Waals surface area contributed by atoms with Crippen LogP contribution in [-0.2, 0) is 0 Å². The summed E-state index contributed by atoms with van der Waals surface area (Å²) in [6.45, 7) is 8.75. The zero-order valence-electron chi connectivity index (χ0n) is 18.0. The second-order valence-corrected chi connectivity index (χ2v) is 7.91. The van der Waals surface area contributed by atoms with E-state index in [9.17, 15) is 4.79 Å². The van der Waals surface area contributed by atoms with Gasteiger partial charge in [-0.2, -0.15) is 0 Å². The Kier molecular flexibility index (Phi) is 7.15. The molecule has 2 aromatic rings. The number of unbranched alkanes of at least 4 members (excludes halogenated alkanes) is 1. The molecule has 1 atom stereocenters. The average molecular weight is 396 g/mol. The summed E-state index contributed by atoms with van der Waals surface area (Å²) < 4.78 is 5.67. The highest BCUT2D eigenvalue weighted by Crippen LogP contribution is 2.27. The van der Waals surface area contributed by atoms with Crippen molar-refractivity contribution in [1.82, 2.24) is 9.80 Å². The number of likely N-dealkylation sites (tertiary alicyclic amines) is 1. The van der Waals surface area contributed by atoms with Crippen LogP contribution in [0.25, 0.3) is 0 Å². The third-order valence-electron chi connectivity index (χ3n) is 5.85. The maximum Gasteiger partial charge on any atom is 0.321 e. The Morgan fingerprint density at radius 3 is 2.55 bits per heavy atom. The number of carbonyl (C=O) groups excluding carboxylic acids is 1. The maximum absolute atomic E-state index is 12.5. The van der Waals surface area contributed by atoms with Crippen molar-refractivity contribution in [2.45, 2.75) is 45.7 Å². The van der Waals surface area contributed by atoms with E-state index in [4.69, 9.17) is 4.74 Å². The van der Waals surface area contributed by atoms with Crippen LogP contribution in [0.3, 0.4) is 0 Å². The van der Waals surface area contributed by atoms with Gasteiger partial charge in [-0.3, -0.25) is 4.90 Å². The molecule has 0 aromatic heterocycles. The quantitative estimate of drug-likeness (QED) is 0.634. The van der Waals surface area contributed by atoms with Crippen molar-refractivity contribution in [1.29, 1.82) is 0 Å². The summed E-state index contributed by atoms with van der Waals surface area (Å²) in [4.78, 5) is 16.7. The van der Waals surface area contributed by atoms with Gasteiger partial charge in [-0.05, 0) is 62.7 Å². The molecule has 0 saturated carbocycles. The second kappa shape index (κ2) is 9.79. The summed E-state index contributed by atoms with van der Waals surface area (Å²) >= 11 is 0. The molecule has 156 valence electrons. The van der Waals surface area contributed by atoms with Crippen LogP contribution in [0.4, 0.5) is 10.5 Å².